The summed E-state index contributed by atoms with van der Waals surface area (Å²) in [6.45, 7) is 1.67. The maximum absolute atomic E-state index is 13.0. The maximum Gasteiger partial charge on any atom is 0.416 e. The minimum Gasteiger partial charge on any atom is -0.301 e. The van der Waals surface area contributed by atoms with E-state index in [2.05, 4.69) is 25.2 Å². The Labute approximate surface area is 181 Å². The number of piperidine rings is 1. The third-order valence-electron chi connectivity index (χ3n) is 5.11. The van der Waals surface area contributed by atoms with E-state index in [9.17, 15) is 18.0 Å². The number of halogens is 3. The summed E-state index contributed by atoms with van der Waals surface area (Å²) in [6.07, 6.45) is 2.12. The average molecular weight is 447 g/mol. The van der Waals surface area contributed by atoms with Gasteiger partial charge in [-0.3, -0.25) is 14.7 Å². The molecule has 1 fully saturated rings. The van der Waals surface area contributed by atoms with Crippen LogP contribution in [0.25, 0.3) is 11.3 Å². The quantitative estimate of drug-likeness (QED) is 0.626. The lowest BCUT2D eigenvalue weighted by Crippen LogP contribution is -2.40. The highest BCUT2D eigenvalue weighted by atomic mass is 32.1. The number of hydrogen-bond donors (Lipinski definition) is 1. The van der Waals surface area contributed by atoms with Gasteiger partial charge in [-0.25, -0.2) is 9.97 Å². The Hall–Kier alpha value is -2.85. The summed E-state index contributed by atoms with van der Waals surface area (Å²) in [6, 6.07) is 5.09. The molecule has 0 radical (unpaired) electrons. The van der Waals surface area contributed by atoms with Gasteiger partial charge in [0.15, 0.2) is 5.13 Å². The topological polar surface area (TPSA) is 71.0 Å². The molecule has 1 aliphatic heterocycles. The number of nitrogens with zero attached hydrogens (tertiary/aromatic N) is 4. The van der Waals surface area contributed by atoms with Crippen molar-refractivity contribution in [3.05, 3.63) is 59.5 Å². The zero-order valence-corrected chi connectivity index (χ0v) is 17.3. The van der Waals surface area contributed by atoms with Gasteiger partial charge in [-0.2, -0.15) is 13.2 Å². The molecular weight excluding hydrogens is 427 g/mol. The monoisotopic (exact) mass is 447 g/mol. The van der Waals surface area contributed by atoms with E-state index in [1.165, 1.54) is 23.6 Å². The lowest BCUT2D eigenvalue weighted by Gasteiger charge is -2.31. The summed E-state index contributed by atoms with van der Waals surface area (Å²) in [4.78, 5) is 27.2. The van der Waals surface area contributed by atoms with E-state index in [-0.39, 0.29) is 18.4 Å². The molecule has 0 aliphatic carbocycles. The molecule has 1 saturated heterocycles. The Morgan fingerprint density at radius 1 is 1.29 bits per heavy atom. The normalized spacial score (nSPS) is 17.5. The first-order chi connectivity index (χ1) is 14.9. The van der Waals surface area contributed by atoms with Crippen LogP contribution in [0.3, 0.4) is 0 Å². The molecule has 162 valence electrons. The van der Waals surface area contributed by atoms with Gasteiger partial charge < -0.3 is 5.32 Å². The summed E-state index contributed by atoms with van der Waals surface area (Å²) >= 11 is 1.36. The van der Waals surface area contributed by atoms with Gasteiger partial charge >= 0.3 is 6.18 Å². The number of carbonyl (C=O) groups excluding carboxylic acids is 1. The van der Waals surface area contributed by atoms with Crippen LogP contribution in [-0.4, -0.2) is 45.4 Å². The second kappa shape index (κ2) is 9.11. The highest BCUT2D eigenvalue weighted by molar-refractivity contribution is 7.13. The third kappa shape index (κ3) is 5.45. The first kappa shape index (κ1) is 21.4. The number of likely N-dealkylation sites (tertiary alicyclic amines) is 1. The Bertz CT molecular complexity index is 1040. The number of hydrogen-bond acceptors (Lipinski definition) is 6. The van der Waals surface area contributed by atoms with Gasteiger partial charge in [0.05, 0.1) is 29.7 Å². The number of rotatable bonds is 5. The lowest BCUT2D eigenvalue weighted by molar-refractivity contribution is -0.137. The number of alkyl halides is 3. The van der Waals surface area contributed by atoms with Crippen LogP contribution in [0.15, 0.2) is 48.2 Å². The summed E-state index contributed by atoms with van der Waals surface area (Å²) in [7, 11) is 0. The molecule has 3 heterocycles. The largest absolute Gasteiger partial charge is 0.416 e. The van der Waals surface area contributed by atoms with Crippen molar-refractivity contribution in [2.24, 2.45) is 0 Å². The molecule has 1 atom stereocenters. The Balaban J connectivity index is 1.45. The molecule has 1 aliphatic rings. The summed E-state index contributed by atoms with van der Waals surface area (Å²) in [5.41, 5.74) is 0.786. The molecule has 10 heteroatoms. The molecule has 0 saturated carbocycles. The van der Waals surface area contributed by atoms with Crippen LogP contribution in [0.4, 0.5) is 18.3 Å². The number of thiazole rings is 1. The second-order valence-electron chi connectivity index (χ2n) is 7.37. The second-order valence-corrected chi connectivity index (χ2v) is 8.26. The van der Waals surface area contributed by atoms with E-state index in [4.69, 9.17) is 0 Å². The standard InChI is InChI=1S/C21H20F3N5OS/c22-21(23,24)16-5-1-3-14(9-16)17-10-25-11-18(27-17)15-4-2-7-29(12-15)13-19(30)28-20-26-6-8-31-20/h1,3,5-6,8-11,15H,2,4,7,12-13H2,(H,26,28,30)/t15-/m0/s1. The van der Waals surface area contributed by atoms with E-state index in [0.29, 0.717) is 22.9 Å². The third-order valence-corrected chi connectivity index (χ3v) is 5.80. The van der Waals surface area contributed by atoms with E-state index >= 15 is 0 Å². The number of anilines is 1. The van der Waals surface area contributed by atoms with Crippen LogP contribution < -0.4 is 5.32 Å². The molecule has 6 nitrogen and oxygen atoms in total. The fourth-order valence-electron chi connectivity index (χ4n) is 3.66. The van der Waals surface area contributed by atoms with Crippen molar-refractivity contribution in [2.45, 2.75) is 24.9 Å². The number of amides is 1. The van der Waals surface area contributed by atoms with Gasteiger partial charge in [0.2, 0.25) is 5.91 Å². The van der Waals surface area contributed by atoms with Crippen molar-refractivity contribution >= 4 is 22.4 Å². The predicted octanol–water partition coefficient (Wildman–Crippen LogP) is 4.44. The summed E-state index contributed by atoms with van der Waals surface area (Å²) < 4.78 is 39.1. The zero-order chi connectivity index (χ0) is 21.8. The minimum absolute atomic E-state index is 0.0552. The summed E-state index contributed by atoms with van der Waals surface area (Å²) in [5.74, 6) is -0.0703. The van der Waals surface area contributed by atoms with Crippen LogP contribution in [0, 0.1) is 0 Å². The minimum atomic E-state index is -4.41. The smallest absolute Gasteiger partial charge is 0.301 e. The number of aromatic nitrogens is 3. The van der Waals surface area contributed by atoms with Gasteiger partial charge in [-0.1, -0.05) is 12.1 Å². The molecule has 1 amide bonds. The first-order valence-electron chi connectivity index (χ1n) is 9.80. The highest BCUT2D eigenvalue weighted by Crippen LogP contribution is 2.32. The molecule has 3 aromatic rings. The van der Waals surface area contributed by atoms with Gasteiger partial charge in [-0.05, 0) is 31.5 Å². The molecule has 1 aromatic carbocycles. The average Bonchev–Trinajstić information content (AvgIpc) is 3.26. The van der Waals surface area contributed by atoms with Crippen LogP contribution in [0.5, 0.6) is 0 Å². The summed E-state index contributed by atoms with van der Waals surface area (Å²) in [5, 5.41) is 5.14. The van der Waals surface area contributed by atoms with E-state index < -0.39 is 11.7 Å². The molecule has 0 spiro atoms. The molecule has 1 N–H and O–H groups in total. The molecule has 4 rings (SSSR count). The van der Waals surface area contributed by atoms with E-state index in [0.717, 1.165) is 37.2 Å². The number of benzene rings is 1. The van der Waals surface area contributed by atoms with E-state index in [1.807, 2.05) is 0 Å². The molecule has 2 aromatic heterocycles. The fourth-order valence-corrected chi connectivity index (χ4v) is 4.20. The molecule has 31 heavy (non-hydrogen) atoms. The SMILES string of the molecule is O=C(CN1CCC[C@H](c2cncc(-c3cccc(C(F)(F)F)c3)n2)C1)Nc1nccs1. The van der Waals surface area contributed by atoms with Crippen molar-refractivity contribution in [3.8, 4) is 11.3 Å². The Morgan fingerprint density at radius 3 is 2.94 bits per heavy atom. The van der Waals surface area contributed by atoms with Crippen LogP contribution >= 0.6 is 11.3 Å². The number of nitrogens with one attached hydrogen (secondary N) is 1. The van der Waals surface area contributed by atoms with Crippen molar-refractivity contribution in [1.29, 1.82) is 0 Å². The maximum atomic E-state index is 13.0. The highest BCUT2D eigenvalue weighted by Gasteiger charge is 2.30. The van der Waals surface area contributed by atoms with E-state index in [1.54, 1.807) is 23.8 Å². The van der Waals surface area contributed by atoms with Crippen LogP contribution in [-0.2, 0) is 11.0 Å². The van der Waals surface area contributed by atoms with Crippen molar-refractivity contribution in [3.63, 3.8) is 0 Å². The predicted molar refractivity (Wildman–Crippen MR) is 112 cm³/mol. The van der Waals surface area contributed by atoms with Gasteiger partial charge in [0.1, 0.15) is 0 Å². The Kier molecular flexibility index (Phi) is 6.28. The van der Waals surface area contributed by atoms with Crippen molar-refractivity contribution in [2.75, 3.05) is 25.0 Å². The zero-order valence-electron chi connectivity index (χ0n) is 16.5. The van der Waals surface area contributed by atoms with Gasteiger partial charge in [0, 0.05) is 35.8 Å². The van der Waals surface area contributed by atoms with Crippen LogP contribution in [0.1, 0.15) is 30.0 Å². The van der Waals surface area contributed by atoms with Gasteiger partial charge in [0.25, 0.3) is 0 Å². The van der Waals surface area contributed by atoms with Crippen LogP contribution in [0.2, 0.25) is 0 Å². The fraction of sp³-hybridized carbons (Fsp3) is 0.333. The van der Waals surface area contributed by atoms with Gasteiger partial charge in [-0.15, -0.1) is 11.3 Å². The molecular formula is C21H20F3N5OS. The number of carbonyl (C=O) groups is 1. The van der Waals surface area contributed by atoms with Crippen molar-refractivity contribution < 1.29 is 18.0 Å². The molecule has 0 bridgehead atoms. The first-order valence-corrected chi connectivity index (χ1v) is 10.7. The van der Waals surface area contributed by atoms with Crippen molar-refractivity contribution in [1.82, 2.24) is 19.9 Å². The molecule has 0 unspecified atom stereocenters. The lowest BCUT2D eigenvalue weighted by atomic mass is 9.94. The Morgan fingerprint density at radius 2 is 2.16 bits per heavy atom.